The first-order valence-corrected chi connectivity index (χ1v) is 7.51. The van der Waals surface area contributed by atoms with Crippen LogP contribution in [0.1, 0.15) is 49.4 Å². The molecule has 1 heteroatoms. The van der Waals surface area contributed by atoms with E-state index < -0.39 is 0 Å². The van der Waals surface area contributed by atoms with Crippen LogP contribution in [0.15, 0.2) is 30.3 Å². The average Bonchev–Trinajstić information content (AvgIpc) is 2.84. The molecular formula is C18H23N. The molecule has 19 heavy (non-hydrogen) atoms. The van der Waals surface area contributed by atoms with E-state index in [0.29, 0.717) is 5.92 Å². The summed E-state index contributed by atoms with van der Waals surface area (Å²) in [5, 5.41) is 2.88. The Balaban J connectivity index is 2.11. The minimum absolute atomic E-state index is 0.157. The summed E-state index contributed by atoms with van der Waals surface area (Å²) >= 11 is 0. The maximum absolute atomic E-state index is 6.51. The monoisotopic (exact) mass is 253 g/mol. The molecule has 0 heterocycles. The maximum atomic E-state index is 6.51. The van der Waals surface area contributed by atoms with E-state index in [4.69, 9.17) is 5.73 Å². The van der Waals surface area contributed by atoms with E-state index in [1.165, 1.54) is 53.1 Å². The second-order valence-electron chi connectivity index (χ2n) is 5.95. The van der Waals surface area contributed by atoms with Crippen LogP contribution >= 0.6 is 0 Å². The van der Waals surface area contributed by atoms with Crippen molar-refractivity contribution in [2.75, 3.05) is 0 Å². The fraction of sp³-hybridized carbons (Fsp3) is 0.444. The zero-order valence-corrected chi connectivity index (χ0v) is 11.9. The van der Waals surface area contributed by atoms with Crippen LogP contribution in [0.4, 0.5) is 0 Å². The molecule has 2 aromatic carbocycles. The molecule has 0 bridgehead atoms. The molecule has 100 valence electrons. The lowest BCUT2D eigenvalue weighted by Gasteiger charge is -2.22. The van der Waals surface area contributed by atoms with E-state index in [0.717, 1.165) is 0 Å². The standard InChI is InChI=1S/C18H23N/c1-3-5-12(2)18(19)16-11-10-14-9-8-13-6-4-7-15(16)17(13)14/h4,6-7,10-12,18H,3,5,8-9,19H2,1-2H3. The van der Waals surface area contributed by atoms with Crippen LogP contribution in [-0.2, 0) is 12.8 Å². The minimum atomic E-state index is 0.157. The van der Waals surface area contributed by atoms with Crippen molar-refractivity contribution < 1.29 is 0 Å². The van der Waals surface area contributed by atoms with Crippen LogP contribution in [0, 0.1) is 5.92 Å². The first-order valence-electron chi connectivity index (χ1n) is 7.51. The van der Waals surface area contributed by atoms with Crippen LogP contribution in [-0.4, -0.2) is 0 Å². The lowest BCUT2D eigenvalue weighted by molar-refractivity contribution is 0.436. The number of rotatable bonds is 4. The first kappa shape index (κ1) is 12.7. The molecule has 0 saturated heterocycles. The van der Waals surface area contributed by atoms with Gasteiger partial charge in [-0.2, -0.15) is 0 Å². The smallest absolute Gasteiger partial charge is 0.0327 e. The van der Waals surface area contributed by atoms with Crippen molar-refractivity contribution in [3.63, 3.8) is 0 Å². The number of nitrogens with two attached hydrogens (primary N) is 1. The Morgan fingerprint density at radius 1 is 1.11 bits per heavy atom. The molecule has 0 saturated carbocycles. The minimum Gasteiger partial charge on any atom is -0.324 e. The normalized spacial score (nSPS) is 16.8. The second kappa shape index (κ2) is 4.97. The zero-order valence-electron chi connectivity index (χ0n) is 11.9. The van der Waals surface area contributed by atoms with Gasteiger partial charge >= 0.3 is 0 Å². The molecule has 2 atom stereocenters. The molecular weight excluding hydrogens is 230 g/mol. The van der Waals surface area contributed by atoms with Gasteiger partial charge in [-0.15, -0.1) is 0 Å². The van der Waals surface area contributed by atoms with Gasteiger partial charge in [0.2, 0.25) is 0 Å². The van der Waals surface area contributed by atoms with Gasteiger partial charge in [0.25, 0.3) is 0 Å². The summed E-state index contributed by atoms with van der Waals surface area (Å²) in [4.78, 5) is 0. The zero-order chi connectivity index (χ0) is 13.4. The van der Waals surface area contributed by atoms with Crippen LogP contribution in [0.3, 0.4) is 0 Å². The molecule has 1 aliphatic rings. The third-order valence-electron chi connectivity index (χ3n) is 4.63. The summed E-state index contributed by atoms with van der Waals surface area (Å²) in [7, 11) is 0. The SMILES string of the molecule is CCCC(C)C(N)c1ccc2c3c(cccc13)CC2. The molecule has 2 N–H and O–H groups in total. The fourth-order valence-corrected chi connectivity index (χ4v) is 3.50. The van der Waals surface area contributed by atoms with E-state index in [2.05, 4.69) is 44.2 Å². The molecule has 0 fully saturated rings. The van der Waals surface area contributed by atoms with Gasteiger partial charge in [0, 0.05) is 6.04 Å². The average molecular weight is 253 g/mol. The molecule has 1 aliphatic carbocycles. The Morgan fingerprint density at radius 3 is 2.58 bits per heavy atom. The summed E-state index contributed by atoms with van der Waals surface area (Å²) in [6.07, 6.45) is 4.78. The van der Waals surface area contributed by atoms with Crippen molar-refractivity contribution in [1.82, 2.24) is 0 Å². The molecule has 3 rings (SSSR count). The van der Waals surface area contributed by atoms with Gasteiger partial charge in [0.1, 0.15) is 0 Å². The Labute approximate surface area is 115 Å². The lowest BCUT2D eigenvalue weighted by Crippen LogP contribution is -2.19. The predicted octanol–water partition coefficient (Wildman–Crippen LogP) is 4.37. The van der Waals surface area contributed by atoms with Gasteiger partial charge in [0.15, 0.2) is 0 Å². The van der Waals surface area contributed by atoms with Crippen LogP contribution in [0.5, 0.6) is 0 Å². The van der Waals surface area contributed by atoms with Crippen molar-refractivity contribution in [2.45, 2.75) is 45.6 Å². The lowest BCUT2D eigenvalue weighted by atomic mass is 9.88. The largest absolute Gasteiger partial charge is 0.324 e. The number of hydrogen-bond donors (Lipinski definition) is 1. The maximum Gasteiger partial charge on any atom is 0.0327 e. The Bertz CT molecular complexity index is 590. The molecule has 0 amide bonds. The Morgan fingerprint density at radius 2 is 1.84 bits per heavy atom. The van der Waals surface area contributed by atoms with Crippen molar-refractivity contribution in [2.24, 2.45) is 11.7 Å². The fourth-order valence-electron chi connectivity index (χ4n) is 3.50. The van der Waals surface area contributed by atoms with E-state index in [-0.39, 0.29) is 6.04 Å². The summed E-state index contributed by atoms with van der Waals surface area (Å²) in [6.45, 7) is 4.51. The van der Waals surface area contributed by atoms with Gasteiger partial charge in [-0.1, -0.05) is 50.6 Å². The molecule has 0 spiro atoms. The third kappa shape index (κ3) is 2.06. The van der Waals surface area contributed by atoms with E-state index in [1.807, 2.05) is 0 Å². The van der Waals surface area contributed by atoms with Gasteiger partial charge in [-0.3, -0.25) is 0 Å². The molecule has 0 radical (unpaired) electrons. The van der Waals surface area contributed by atoms with E-state index in [1.54, 1.807) is 0 Å². The number of hydrogen-bond acceptors (Lipinski definition) is 1. The van der Waals surface area contributed by atoms with Crippen LogP contribution < -0.4 is 5.73 Å². The van der Waals surface area contributed by atoms with Crippen LogP contribution in [0.25, 0.3) is 10.8 Å². The van der Waals surface area contributed by atoms with E-state index >= 15 is 0 Å². The molecule has 2 unspecified atom stereocenters. The Kier molecular flexibility index (Phi) is 3.32. The summed E-state index contributed by atoms with van der Waals surface area (Å²) in [5.74, 6) is 0.545. The molecule has 0 aliphatic heterocycles. The summed E-state index contributed by atoms with van der Waals surface area (Å²) in [6, 6.07) is 11.4. The number of aryl methyl sites for hydroxylation is 2. The van der Waals surface area contributed by atoms with Gasteiger partial charge in [-0.05, 0) is 52.6 Å². The predicted molar refractivity (Wildman–Crippen MR) is 82.4 cm³/mol. The molecule has 2 aromatic rings. The highest BCUT2D eigenvalue weighted by Crippen LogP contribution is 2.36. The van der Waals surface area contributed by atoms with Crippen molar-refractivity contribution >= 4 is 10.8 Å². The van der Waals surface area contributed by atoms with Gasteiger partial charge in [-0.25, -0.2) is 0 Å². The van der Waals surface area contributed by atoms with Gasteiger partial charge in [0.05, 0.1) is 0 Å². The first-order chi connectivity index (χ1) is 9.22. The quantitative estimate of drug-likeness (QED) is 0.860. The summed E-state index contributed by atoms with van der Waals surface area (Å²) < 4.78 is 0. The highest BCUT2D eigenvalue weighted by Gasteiger charge is 2.20. The topological polar surface area (TPSA) is 26.0 Å². The number of benzene rings is 2. The third-order valence-corrected chi connectivity index (χ3v) is 4.63. The van der Waals surface area contributed by atoms with Crippen molar-refractivity contribution in [1.29, 1.82) is 0 Å². The van der Waals surface area contributed by atoms with Gasteiger partial charge < -0.3 is 5.73 Å². The Hall–Kier alpha value is -1.34. The highest BCUT2D eigenvalue weighted by atomic mass is 14.6. The van der Waals surface area contributed by atoms with Crippen molar-refractivity contribution in [3.8, 4) is 0 Å². The molecule has 0 aromatic heterocycles. The molecule has 1 nitrogen and oxygen atoms in total. The highest BCUT2D eigenvalue weighted by molar-refractivity contribution is 5.93. The van der Waals surface area contributed by atoms with Crippen LogP contribution in [0.2, 0.25) is 0 Å². The second-order valence-corrected chi connectivity index (χ2v) is 5.95. The van der Waals surface area contributed by atoms with Crippen molar-refractivity contribution in [3.05, 3.63) is 47.0 Å². The summed E-state index contributed by atoms with van der Waals surface area (Å²) in [5.41, 5.74) is 10.9. The van der Waals surface area contributed by atoms with E-state index in [9.17, 15) is 0 Å².